The summed E-state index contributed by atoms with van der Waals surface area (Å²) in [6.07, 6.45) is 0. The van der Waals surface area contributed by atoms with E-state index in [0.717, 1.165) is 0 Å². The molecule has 0 radical (unpaired) electrons. The molecule has 0 N–H and O–H groups in total. The Kier molecular flexibility index (Phi) is 52.7. The molecule has 0 aliphatic rings. The van der Waals surface area contributed by atoms with E-state index < -0.39 is 40.4 Å². The van der Waals surface area contributed by atoms with Crippen molar-refractivity contribution in [2.24, 2.45) is 0 Å². The Hall–Kier alpha value is 2.29. The summed E-state index contributed by atoms with van der Waals surface area (Å²) in [6.45, 7) is 0. The van der Waals surface area contributed by atoms with Gasteiger partial charge in [-0.05, 0) is 0 Å². The van der Waals surface area contributed by atoms with Gasteiger partial charge in [0.2, 0.25) is 0 Å². The molecule has 23 heteroatoms. The van der Waals surface area contributed by atoms with E-state index in [1.165, 1.54) is 0 Å². The van der Waals surface area contributed by atoms with Crippen LogP contribution in [0.15, 0.2) is 0 Å². The minimum absolute atomic E-state index is 0. The Morgan fingerprint density at radius 2 is 0.522 bits per heavy atom. The zero-order valence-corrected chi connectivity index (χ0v) is 20.8. The molecule has 0 aliphatic heterocycles. The van der Waals surface area contributed by atoms with Gasteiger partial charge in [-0.3, -0.25) is 25.3 Å². The van der Waals surface area contributed by atoms with Crippen molar-refractivity contribution in [2.45, 2.75) is 0 Å². The molecule has 0 bridgehead atoms. The van der Waals surface area contributed by atoms with Gasteiger partial charge in [-0.15, -0.1) is 0 Å². The van der Waals surface area contributed by atoms with Crippen LogP contribution in [0, 0.1) is 0 Å². The van der Waals surface area contributed by atoms with Gasteiger partial charge in [0.25, 0.3) is 0 Å². The van der Waals surface area contributed by atoms with Crippen LogP contribution in [0.1, 0.15) is 0 Å². The predicted molar refractivity (Wildman–Crippen MR) is 49.4 cm³/mol. The summed E-state index contributed by atoms with van der Waals surface area (Å²) in [4.78, 5) is 17.0. The minimum atomic E-state index is -5.17. The maximum absolute atomic E-state index is 8.52. The van der Waals surface area contributed by atoms with Crippen molar-refractivity contribution in [3.63, 3.8) is 0 Å². The van der Waals surface area contributed by atoms with Crippen molar-refractivity contribution in [3.8, 4) is 0 Å². The van der Waals surface area contributed by atoms with Crippen LogP contribution in [0.4, 0.5) is 0 Å². The van der Waals surface area contributed by atoms with Crippen molar-refractivity contribution in [1.82, 2.24) is 0 Å². The number of rotatable bonds is 0. The van der Waals surface area contributed by atoms with Crippen LogP contribution in [-0.2, 0) is 35.7 Å². The second-order valence-corrected chi connectivity index (χ2v) is 4.42. The fourth-order valence-corrected chi connectivity index (χ4v) is 0. The first-order valence-corrected chi connectivity index (χ1v) is 7.84. The van der Waals surface area contributed by atoms with Crippen LogP contribution < -0.4 is 68.7 Å². The van der Waals surface area contributed by atoms with Crippen LogP contribution >= 0.6 is 0 Å². The van der Waals surface area contributed by atoms with E-state index in [-0.39, 0.29) is 93.8 Å². The van der Waals surface area contributed by atoms with Gasteiger partial charge in [-0.25, -0.2) is 0 Å². The molecular formula is Al2Na2O15S3Si. The second kappa shape index (κ2) is 24.3. The van der Waals surface area contributed by atoms with Crippen molar-refractivity contribution < 1.29 is 126 Å². The molecule has 15 nitrogen and oxygen atoms in total. The van der Waals surface area contributed by atoms with Crippen molar-refractivity contribution >= 4 is 75.1 Å². The molecule has 0 atom stereocenters. The zero-order chi connectivity index (χ0) is 17.1. The Morgan fingerprint density at radius 3 is 0.522 bits per heavy atom. The first-order chi connectivity index (χ1) is 7.73. The van der Waals surface area contributed by atoms with E-state index in [0.29, 0.717) is 0 Å². The predicted octanol–water partition coefficient (Wildman–Crippen LogP) is -13.6. The third kappa shape index (κ3) is 2300. The van der Waals surface area contributed by atoms with Gasteiger partial charge < -0.3 is 41.4 Å². The molecule has 0 rings (SSSR count). The summed E-state index contributed by atoms with van der Waals surface area (Å²) < 4.78 is 111. The van der Waals surface area contributed by atoms with Crippen LogP contribution in [0.2, 0.25) is 0 Å². The average molecular weight is 464 g/mol. The quantitative estimate of drug-likeness (QED) is 0.182. The van der Waals surface area contributed by atoms with Gasteiger partial charge in [0.1, 0.15) is 0 Å². The molecule has 0 aliphatic carbocycles. The van der Waals surface area contributed by atoms with Crippen molar-refractivity contribution in [1.29, 1.82) is 0 Å². The van der Waals surface area contributed by atoms with Gasteiger partial charge in [0.05, 0.1) is 0 Å². The average Bonchev–Trinajstić information content (AvgIpc) is 1.66. The molecular weight excluding hydrogens is 464 g/mol. The molecule has 0 aromatic heterocycles. The van der Waals surface area contributed by atoms with Crippen molar-refractivity contribution in [2.75, 3.05) is 0 Å². The molecule has 23 heavy (non-hydrogen) atoms. The monoisotopic (exact) mass is 464 g/mol. The van der Waals surface area contributed by atoms with Crippen LogP contribution in [0.25, 0.3) is 0 Å². The molecule has 0 spiro atoms. The largest absolute Gasteiger partial charge is 3.00 e. The van der Waals surface area contributed by atoms with E-state index in [4.69, 9.17) is 66.6 Å². The van der Waals surface area contributed by atoms with Crippen molar-refractivity contribution in [3.05, 3.63) is 0 Å². The maximum Gasteiger partial charge on any atom is 3.00 e. The van der Waals surface area contributed by atoms with Crippen LogP contribution in [0.5, 0.6) is 0 Å². The van der Waals surface area contributed by atoms with Gasteiger partial charge in [0.15, 0.2) is 0 Å². The fourth-order valence-electron chi connectivity index (χ4n) is 0. The Balaban J connectivity index is -0.0000000206. The molecule has 120 valence electrons. The normalized spacial score (nSPS) is 8.61. The second-order valence-electron chi connectivity index (χ2n) is 1.47. The van der Waals surface area contributed by atoms with Gasteiger partial charge in [-0.2, -0.15) is 0 Å². The van der Waals surface area contributed by atoms with Gasteiger partial charge in [-0.1, -0.05) is 0 Å². The van der Waals surface area contributed by atoms with E-state index in [9.17, 15) is 0 Å². The number of hydrogen-bond donors (Lipinski definition) is 0. The Morgan fingerprint density at radius 1 is 0.522 bits per heavy atom. The van der Waals surface area contributed by atoms with Crippen LogP contribution in [-0.4, -0.2) is 96.5 Å². The summed E-state index contributed by atoms with van der Waals surface area (Å²) in [7, 11) is -19.1. The van der Waals surface area contributed by atoms with Gasteiger partial charge >= 0.3 is 93.8 Å². The van der Waals surface area contributed by atoms with E-state index >= 15 is 0 Å². The minimum Gasteiger partial charge on any atom is -0.759 e. The fraction of sp³-hybridized carbons (Fsp3) is 0. The molecule has 0 saturated heterocycles. The molecule has 0 fully saturated rings. The van der Waals surface area contributed by atoms with Crippen LogP contribution in [0.3, 0.4) is 0 Å². The number of hydrogen-bond acceptors (Lipinski definition) is 15. The van der Waals surface area contributed by atoms with E-state index in [2.05, 4.69) is 0 Å². The smallest absolute Gasteiger partial charge is 0.759 e. The Labute approximate surface area is 198 Å². The maximum atomic E-state index is 8.52. The summed E-state index contributed by atoms with van der Waals surface area (Å²) in [6, 6.07) is 0. The first kappa shape index (κ1) is 49.9. The molecule has 0 amide bonds. The third-order valence-electron chi connectivity index (χ3n) is 0. The molecule has 0 heterocycles. The van der Waals surface area contributed by atoms with E-state index in [1.54, 1.807) is 0 Å². The topological polar surface area (TPSA) is 304 Å². The van der Waals surface area contributed by atoms with E-state index in [1.807, 2.05) is 0 Å². The molecule has 0 aromatic rings. The summed E-state index contributed by atoms with van der Waals surface area (Å²) in [5.74, 6) is 0. The molecule has 0 aromatic carbocycles. The first-order valence-electron chi connectivity index (χ1n) is 2.61. The summed E-state index contributed by atoms with van der Waals surface area (Å²) in [5, 5.41) is 0. The standard InChI is InChI=1S/2Al.2Na.3H2O4S.O3Si/c;;;;3*1-5(2,3)4;1-4(2)3/h;;;;3*(H2,1,2,3,4);/q2*+3;2*+1;;;;-2/p-6. The third-order valence-corrected chi connectivity index (χ3v) is 0. The molecule has 0 saturated carbocycles. The summed E-state index contributed by atoms with van der Waals surface area (Å²) >= 11 is 0. The Bertz CT molecular complexity index is 434. The molecule has 0 unspecified atom stereocenters. The van der Waals surface area contributed by atoms with Gasteiger partial charge in [0, 0.05) is 40.4 Å². The SMILES string of the molecule is O=S(=O)([O-])[O-].O=S(=O)([O-])[O-].O=S(=O)([O-])[O-].O=[Si]([O-])[O-].[Al+3].[Al+3].[Na+].[Na+]. The summed E-state index contributed by atoms with van der Waals surface area (Å²) in [5.41, 5.74) is 0. The zero-order valence-electron chi connectivity index (χ0n) is 11.0.